The van der Waals surface area contributed by atoms with Crippen molar-refractivity contribution >= 4 is 29.3 Å². The van der Waals surface area contributed by atoms with Gasteiger partial charge in [-0.25, -0.2) is 4.39 Å². The zero-order chi connectivity index (χ0) is 30.3. The Morgan fingerprint density at radius 3 is 2.42 bits per heavy atom. The second-order valence-corrected chi connectivity index (χ2v) is 11.8. The van der Waals surface area contributed by atoms with Crippen LogP contribution in [0.15, 0.2) is 72.8 Å². The van der Waals surface area contributed by atoms with Gasteiger partial charge in [0.25, 0.3) is 0 Å². The fourth-order valence-electron chi connectivity index (χ4n) is 5.96. The molecule has 0 saturated carbocycles. The smallest absolute Gasteiger partial charge is 0.246 e. The highest BCUT2D eigenvalue weighted by molar-refractivity contribution is 6.30. The molecule has 0 spiro atoms. The van der Waals surface area contributed by atoms with Crippen molar-refractivity contribution in [3.05, 3.63) is 106 Å². The van der Waals surface area contributed by atoms with Gasteiger partial charge in [-0.15, -0.1) is 0 Å². The second kappa shape index (κ2) is 14.1. The first kappa shape index (κ1) is 30.7. The number of hydrogen-bond acceptors (Lipinski definition) is 4. The van der Waals surface area contributed by atoms with Crippen molar-refractivity contribution < 1.29 is 18.8 Å². The number of fused-ring (bicyclic) bond motifs is 1. The Kier molecular flexibility index (Phi) is 10.1. The molecule has 1 saturated heterocycles. The zero-order valence-corrected chi connectivity index (χ0v) is 25.2. The maximum atomic E-state index is 14.2. The van der Waals surface area contributed by atoms with E-state index in [0.29, 0.717) is 50.5 Å². The molecule has 0 bridgehead atoms. The monoisotopic (exact) mass is 604 g/mol. The van der Waals surface area contributed by atoms with Gasteiger partial charge in [0.15, 0.2) is 0 Å². The van der Waals surface area contributed by atoms with E-state index in [9.17, 15) is 18.8 Å². The second-order valence-electron chi connectivity index (χ2n) is 11.3. The van der Waals surface area contributed by atoms with Gasteiger partial charge in [0.2, 0.25) is 17.7 Å². The van der Waals surface area contributed by atoms with E-state index in [0.717, 1.165) is 28.7 Å². The van der Waals surface area contributed by atoms with E-state index in [1.54, 1.807) is 17.0 Å². The van der Waals surface area contributed by atoms with Crippen molar-refractivity contribution in [3.63, 3.8) is 0 Å². The number of carbonyl (C=O) groups excluding carboxylic acids is 3. The highest BCUT2D eigenvalue weighted by atomic mass is 35.5. The van der Waals surface area contributed by atoms with Crippen molar-refractivity contribution in [3.8, 4) is 0 Å². The predicted molar refractivity (Wildman–Crippen MR) is 165 cm³/mol. The lowest BCUT2D eigenvalue weighted by Gasteiger charge is -2.42. The Labute approximate surface area is 257 Å². The van der Waals surface area contributed by atoms with E-state index in [1.807, 2.05) is 60.4 Å². The van der Waals surface area contributed by atoms with Crippen LogP contribution in [0.25, 0.3) is 0 Å². The molecule has 2 aliphatic heterocycles. The lowest BCUT2D eigenvalue weighted by atomic mass is 9.95. The number of hydrogen-bond donors (Lipinski definition) is 2. The highest BCUT2D eigenvalue weighted by Gasteiger charge is 2.40. The molecule has 7 nitrogen and oxygen atoms in total. The first-order valence-corrected chi connectivity index (χ1v) is 15.4. The van der Waals surface area contributed by atoms with Crippen LogP contribution in [-0.4, -0.2) is 65.3 Å². The Morgan fingerprint density at radius 2 is 1.70 bits per heavy atom. The number of nitrogens with zero attached hydrogens (tertiary/aromatic N) is 2. The van der Waals surface area contributed by atoms with Crippen molar-refractivity contribution in [1.82, 2.24) is 20.4 Å². The molecule has 3 aromatic carbocycles. The van der Waals surface area contributed by atoms with Crippen molar-refractivity contribution in [2.75, 3.05) is 19.6 Å². The molecule has 3 unspecified atom stereocenters. The molecule has 0 aromatic heterocycles. The van der Waals surface area contributed by atoms with Gasteiger partial charge >= 0.3 is 0 Å². The molecule has 2 N–H and O–H groups in total. The van der Waals surface area contributed by atoms with Gasteiger partial charge in [0.1, 0.15) is 17.9 Å². The minimum absolute atomic E-state index is 0.0761. The summed E-state index contributed by atoms with van der Waals surface area (Å²) in [5, 5.41) is 6.95. The first-order chi connectivity index (χ1) is 20.8. The quantitative estimate of drug-likeness (QED) is 0.362. The molecule has 3 aromatic rings. The Morgan fingerprint density at radius 1 is 1.00 bits per heavy atom. The fourth-order valence-corrected chi connectivity index (χ4v) is 6.09. The summed E-state index contributed by atoms with van der Waals surface area (Å²) >= 11 is 6.01. The summed E-state index contributed by atoms with van der Waals surface area (Å²) in [5.74, 6) is -1.01. The van der Waals surface area contributed by atoms with E-state index >= 15 is 0 Å². The van der Waals surface area contributed by atoms with Crippen LogP contribution in [0.5, 0.6) is 0 Å². The third kappa shape index (κ3) is 7.61. The lowest BCUT2D eigenvalue weighted by molar-refractivity contribution is -0.153. The molecule has 226 valence electrons. The molecule has 3 amide bonds. The van der Waals surface area contributed by atoms with E-state index < -0.39 is 18.1 Å². The molecule has 2 heterocycles. The highest BCUT2D eigenvalue weighted by Crippen LogP contribution is 2.21. The summed E-state index contributed by atoms with van der Waals surface area (Å²) in [6, 6.07) is 19.5. The van der Waals surface area contributed by atoms with Gasteiger partial charge in [0, 0.05) is 37.6 Å². The Hall–Kier alpha value is -3.75. The molecule has 5 rings (SSSR count). The van der Waals surface area contributed by atoms with Gasteiger partial charge < -0.3 is 20.4 Å². The van der Waals surface area contributed by atoms with Crippen LogP contribution in [0.2, 0.25) is 5.02 Å². The number of nitrogens with one attached hydrogen (secondary N) is 2. The van der Waals surface area contributed by atoms with Crippen LogP contribution in [0.1, 0.15) is 42.0 Å². The molecule has 2 aliphatic rings. The first-order valence-electron chi connectivity index (χ1n) is 15.0. The molecule has 3 atom stereocenters. The Balaban J connectivity index is 1.31. The average Bonchev–Trinajstić information content (AvgIpc) is 3.02. The van der Waals surface area contributed by atoms with Crippen LogP contribution >= 0.6 is 11.6 Å². The number of rotatable bonds is 10. The van der Waals surface area contributed by atoms with Crippen molar-refractivity contribution in [2.45, 2.75) is 63.7 Å². The van der Waals surface area contributed by atoms with Crippen LogP contribution in [0, 0.1) is 5.82 Å². The van der Waals surface area contributed by atoms with Crippen LogP contribution in [0.3, 0.4) is 0 Å². The third-order valence-electron chi connectivity index (χ3n) is 8.38. The van der Waals surface area contributed by atoms with Crippen LogP contribution in [0.4, 0.5) is 4.39 Å². The summed E-state index contributed by atoms with van der Waals surface area (Å²) in [6.07, 6.45) is 2.66. The van der Waals surface area contributed by atoms with Gasteiger partial charge in [0.05, 0.1) is 6.04 Å². The molecular formula is C34H38ClFN4O3. The average molecular weight is 605 g/mol. The SMILES string of the molecule is CCCC1C(=O)N(CCc2ccc(Cl)cc2)CCN1C(=O)C(Cc1ccc(F)cc1)NC(=O)C1Cc2ccccc2CN1. The van der Waals surface area contributed by atoms with E-state index in [1.165, 1.54) is 12.1 Å². The van der Waals surface area contributed by atoms with Gasteiger partial charge in [-0.2, -0.15) is 0 Å². The molecule has 0 radical (unpaired) electrons. The van der Waals surface area contributed by atoms with Crippen LogP contribution in [-0.2, 0) is 40.2 Å². The number of halogens is 2. The van der Waals surface area contributed by atoms with Crippen molar-refractivity contribution in [1.29, 1.82) is 0 Å². The van der Waals surface area contributed by atoms with E-state index in [-0.39, 0.29) is 30.0 Å². The standard InChI is InChI=1S/C34H38ClFN4O3/c1-2-5-31-34(43)39(17-16-23-8-12-27(35)13-9-23)18-19-40(31)33(42)30(20-24-10-14-28(36)15-11-24)38-32(41)29-21-25-6-3-4-7-26(25)22-37-29/h3-4,6-15,29-31,37H,2,5,16-22H2,1H3,(H,38,41). The third-order valence-corrected chi connectivity index (χ3v) is 8.63. The summed E-state index contributed by atoms with van der Waals surface area (Å²) in [6.45, 7) is 3.90. The maximum absolute atomic E-state index is 14.2. The number of piperazine rings is 1. The molecule has 9 heteroatoms. The minimum Gasteiger partial charge on any atom is -0.343 e. The maximum Gasteiger partial charge on any atom is 0.246 e. The fraction of sp³-hybridized carbons (Fsp3) is 0.382. The largest absolute Gasteiger partial charge is 0.343 e. The normalized spacial score (nSPS) is 19.1. The van der Waals surface area contributed by atoms with E-state index in [2.05, 4.69) is 10.6 Å². The summed E-state index contributed by atoms with van der Waals surface area (Å²) < 4.78 is 13.7. The van der Waals surface area contributed by atoms with Gasteiger partial charge in [-0.3, -0.25) is 14.4 Å². The molecule has 0 aliphatic carbocycles. The summed E-state index contributed by atoms with van der Waals surface area (Å²) in [4.78, 5) is 44.8. The number of amides is 3. The van der Waals surface area contributed by atoms with Crippen LogP contribution < -0.4 is 10.6 Å². The van der Waals surface area contributed by atoms with Gasteiger partial charge in [-0.05, 0) is 65.8 Å². The van der Waals surface area contributed by atoms with Crippen molar-refractivity contribution in [2.24, 2.45) is 0 Å². The molecular weight excluding hydrogens is 567 g/mol. The minimum atomic E-state index is -0.898. The topological polar surface area (TPSA) is 81.8 Å². The Bertz CT molecular complexity index is 1430. The number of carbonyl (C=O) groups is 3. The number of benzene rings is 3. The predicted octanol–water partition coefficient (Wildman–Crippen LogP) is 4.30. The molecule has 1 fully saturated rings. The molecule has 43 heavy (non-hydrogen) atoms. The van der Waals surface area contributed by atoms with Gasteiger partial charge in [-0.1, -0.05) is 73.5 Å². The summed E-state index contributed by atoms with van der Waals surface area (Å²) in [7, 11) is 0. The van der Waals surface area contributed by atoms with E-state index in [4.69, 9.17) is 11.6 Å². The summed E-state index contributed by atoms with van der Waals surface area (Å²) in [5.41, 5.74) is 4.07. The lowest BCUT2D eigenvalue weighted by Crippen LogP contribution is -2.63. The zero-order valence-electron chi connectivity index (χ0n) is 24.4.